The summed E-state index contributed by atoms with van der Waals surface area (Å²) in [5.74, 6) is -1.04. The van der Waals surface area contributed by atoms with Gasteiger partial charge in [-0.25, -0.2) is 4.98 Å². The van der Waals surface area contributed by atoms with Gasteiger partial charge in [-0.15, -0.1) is 0 Å². The van der Waals surface area contributed by atoms with E-state index in [0.717, 1.165) is 0 Å². The first-order valence-electron chi connectivity index (χ1n) is 8.00. The lowest BCUT2D eigenvalue weighted by molar-refractivity contribution is -0.155. The van der Waals surface area contributed by atoms with Crippen LogP contribution < -0.4 is 10.5 Å². The van der Waals surface area contributed by atoms with E-state index in [1.54, 1.807) is 0 Å². The first-order chi connectivity index (χ1) is 12.8. The number of fused-ring (bicyclic) bond motifs is 1. The third-order valence-electron chi connectivity index (χ3n) is 3.94. The van der Waals surface area contributed by atoms with Crippen LogP contribution in [0.15, 0.2) is 6.33 Å². The summed E-state index contributed by atoms with van der Waals surface area (Å²) < 4.78 is 22.5. The van der Waals surface area contributed by atoms with Crippen molar-refractivity contribution in [2.75, 3.05) is 19.5 Å². The summed E-state index contributed by atoms with van der Waals surface area (Å²) in [5.41, 5.74) is 6.28. The second-order valence-corrected chi connectivity index (χ2v) is 5.85. The van der Waals surface area contributed by atoms with Gasteiger partial charge in [0.15, 0.2) is 23.5 Å². The van der Waals surface area contributed by atoms with Gasteiger partial charge in [0.1, 0.15) is 18.8 Å². The van der Waals surface area contributed by atoms with Crippen molar-refractivity contribution < 1.29 is 33.6 Å². The van der Waals surface area contributed by atoms with Crippen LogP contribution in [0.2, 0.25) is 0 Å². The maximum absolute atomic E-state index is 11.5. The number of hydrogen-bond acceptors (Lipinski definition) is 11. The van der Waals surface area contributed by atoms with Crippen LogP contribution in [0, 0.1) is 0 Å². The van der Waals surface area contributed by atoms with Crippen molar-refractivity contribution in [3.05, 3.63) is 6.33 Å². The number of methoxy groups -OCH3 is 1. The lowest BCUT2D eigenvalue weighted by Gasteiger charge is -2.21. The molecule has 0 bridgehead atoms. The van der Waals surface area contributed by atoms with Crippen molar-refractivity contribution in [1.29, 1.82) is 0 Å². The van der Waals surface area contributed by atoms with Crippen molar-refractivity contribution >= 4 is 29.1 Å². The Morgan fingerprint density at radius 1 is 1.33 bits per heavy atom. The van der Waals surface area contributed by atoms with E-state index in [9.17, 15) is 14.7 Å². The van der Waals surface area contributed by atoms with Gasteiger partial charge in [-0.3, -0.25) is 14.2 Å². The van der Waals surface area contributed by atoms with E-state index in [1.807, 2.05) is 0 Å². The number of carbonyl (C=O) groups is 2. The minimum atomic E-state index is -1.24. The molecule has 1 unspecified atom stereocenters. The number of nitrogen functional groups attached to an aromatic ring is 1. The molecule has 0 aliphatic carbocycles. The average molecular weight is 381 g/mol. The largest absolute Gasteiger partial charge is 0.479 e. The molecule has 0 spiro atoms. The minimum absolute atomic E-state index is 0.0554. The highest BCUT2D eigenvalue weighted by atomic mass is 16.6. The van der Waals surface area contributed by atoms with Crippen molar-refractivity contribution in [3.8, 4) is 5.88 Å². The van der Waals surface area contributed by atoms with Crippen molar-refractivity contribution in [3.63, 3.8) is 0 Å². The Bertz CT molecular complexity index is 870. The van der Waals surface area contributed by atoms with Crippen LogP contribution in [0.4, 0.5) is 5.95 Å². The second kappa shape index (κ2) is 7.32. The van der Waals surface area contributed by atoms with E-state index in [1.165, 1.54) is 31.9 Å². The monoisotopic (exact) mass is 381 g/mol. The summed E-state index contributed by atoms with van der Waals surface area (Å²) in [4.78, 5) is 34.8. The normalized spacial score (nSPS) is 24.7. The smallest absolute Gasteiger partial charge is 0.303 e. The molecule has 146 valence electrons. The third-order valence-corrected chi connectivity index (χ3v) is 3.94. The number of nitrogens with zero attached hydrogens (tertiary/aromatic N) is 4. The molecule has 12 heteroatoms. The highest BCUT2D eigenvalue weighted by Gasteiger charge is 2.48. The molecule has 0 radical (unpaired) electrons. The molecular formula is C15H19N5O7. The SMILES string of the molecule is COc1nc(N)nc2c1ncn2C1O[C@H](COC(C)=O)[C@@H](O)[C@@H]1OC(C)=O. The number of aliphatic hydroxyl groups excluding tert-OH is 1. The fourth-order valence-corrected chi connectivity index (χ4v) is 2.83. The van der Waals surface area contributed by atoms with E-state index in [2.05, 4.69) is 15.0 Å². The number of carbonyl (C=O) groups excluding carboxylic acids is 2. The van der Waals surface area contributed by atoms with E-state index in [-0.39, 0.29) is 24.1 Å². The molecule has 2 aromatic heterocycles. The predicted octanol–water partition coefficient (Wildman–Crippen LogP) is -0.830. The van der Waals surface area contributed by atoms with Gasteiger partial charge in [0.25, 0.3) is 0 Å². The Labute approximate surface area is 153 Å². The molecule has 2 aromatic rings. The van der Waals surface area contributed by atoms with Gasteiger partial charge in [-0.05, 0) is 0 Å². The van der Waals surface area contributed by atoms with Crippen LogP contribution in [0.5, 0.6) is 5.88 Å². The Kier molecular flexibility index (Phi) is 5.10. The zero-order valence-corrected chi connectivity index (χ0v) is 14.9. The maximum Gasteiger partial charge on any atom is 0.303 e. The van der Waals surface area contributed by atoms with E-state index < -0.39 is 36.5 Å². The van der Waals surface area contributed by atoms with E-state index in [4.69, 9.17) is 24.7 Å². The minimum Gasteiger partial charge on any atom is -0.479 e. The van der Waals surface area contributed by atoms with Crippen LogP contribution in [0.25, 0.3) is 11.2 Å². The van der Waals surface area contributed by atoms with Crippen LogP contribution in [-0.2, 0) is 23.8 Å². The van der Waals surface area contributed by atoms with Crippen molar-refractivity contribution in [1.82, 2.24) is 19.5 Å². The molecular weight excluding hydrogens is 362 g/mol. The van der Waals surface area contributed by atoms with Crippen molar-refractivity contribution in [2.45, 2.75) is 38.4 Å². The first kappa shape index (κ1) is 18.8. The maximum atomic E-state index is 11.5. The molecule has 1 aliphatic rings. The number of aromatic nitrogens is 4. The van der Waals surface area contributed by atoms with E-state index >= 15 is 0 Å². The van der Waals surface area contributed by atoms with Gasteiger partial charge in [-0.2, -0.15) is 9.97 Å². The standard InChI is InChI=1S/C15H19N5O7/c1-6(21)25-4-8-10(23)11(26-7(2)22)14(27-8)20-5-17-9-12(20)18-15(16)19-13(9)24-3/h5,8,10-11,14,23H,4H2,1-3H3,(H2,16,18,19)/t8-,10-,11+,14?/m1/s1. The summed E-state index contributed by atoms with van der Waals surface area (Å²) in [6.07, 6.45) is -2.83. The molecule has 3 heterocycles. The van der Waals surface area contributed by atoms with Crippen molar-refractivity contribution in [2.24, 2.45) is 0 Å². The molecule has 27 heavy (non-hydrogen) atoms. The lowest BCUT2D eigenvalue weighted by Crippen LogP contribution is -2.37. The molecule has 1 saturated heterocycles. The number of imidazole rings is 1. The molecule has 3 N–H and O–H groups in total. The molecule has 12 nitrogen and oxygen atoms in total. The molecule has 1 fully saturated rings. The van der Waals surface area contributed by atoms with Gasteiger partial charge in [0.05, 0.1) is 13.4 Å². The molecule has 4 atom stereocenters. The molecule has 0 amide bonds. The quantitative estimate of drug-likeness (QED) is 0.622. The summed E-state index contributed by atoms with van der Waals surface area (Å²) >= 11 is 0. The van der Waals surface area contributed by atoms with Gasteiger partial charge < -0.3 is 29.8 Å². The number of aliphatic hydroxyl groups is 1. The van der Waals surface area contributed by atoms with E-state index in [0.29, 0.717) is 5.52 Å². The number of nitrogens with two attached hydrogens (primary N) is 1. The fourth-order valence-electron chi connectivity index (χ4n) is 2.83. The zero-order chi connectivity index (χ0) is 19.7. The summed E-state index contributed by atoms with van der Waals surface area (Å²) in [6.45, 7) is 2.23. The van der Waals surface area contributed by atoms with Crippen LogP contribution >= 0.6 is 0 Å². The zero-order valence-electron chi connectivity index (χ0n) is 14.9. The molecule has 0 saturated carbocycles. The Hall–Kier alpha value is -2.99. The Morgan fingerprint density at radius 3 is 2.70 bits per heavy atom. The highest BCUT2D eigenvalue weighted by molar-refractivity contribution is 5.77. The molecule has 1 aliphatic heterocycles. The van der Waals surface area contributed by atoms with Crippen LogP contribution in [0.1, 0.15) is 20.1 Å². The van der Waals surface area contributed by atoms with Crippen LogP contribution in [0.3, 0.4) is 0 Å². The number of esters is 2. The fraction of sp³-hybridized carbons (Fsp3) is 0.533. The average Bonchev–Trinajstić information content (AvgIpc) is 3.14. The summed E-state index contributed by atoms with van der Waals surface area (Å²) in [6, 6.07) is 0. The van der Waals surface area contributed by atoms with Crippen LogP contribution in [-0.4, -0.2) is 68.6 Å². The number of rotatable bonds is 5. The number of anilines is 1. The lowest BCUT2D eigenvalue weighted by atomic mass is 10.1. The molecule has 3 rings (SSSR count). The van der Waals surface area contributed by atoms with Gasteiger partial charge >= 0.3 is 11.9 Å². The van der Waals surface area contributed by atoms with Gasteiger partial charge in [0, 0.05) is 13.8 Å². The third kappa shape index (κ3) is 3.61. The Morgan fingerprint density at radius 2 is 2.07 bits per heavy atom. The Balaban J connectivity index is 1.99. The number of ether oxygens (including phenoxy) is 4. The number of hydrogen-bond donors (Lipinski definition) is 2. The second-order valence-electron chi connectivity index (χ2n) is 5.85. The van der Waals surface area contributed by atoms with Gasteiger partial charge in [-0.1, -0.05) is 0 Å². The summed E-state index contributed by atoms with van der Waals surface area (Å²) in [5, 5.41) is 10.5. The predicted molar refractivity (Wildman–Crippen MR) is 88.4 cm³/mol. The highest BCUT2D eigenvalue weighted by Crippen LogP contribution is 2.35. The first-order valence-corrected chi connectivity index (χ1v) is 8.00. The van der Waals surface area contributed by atoms with Gasteiger partial charge in [0.2, 0.25) is 11.8 Å². The summed E-state index contributed by atoms with van der Waals surface area (Å²) in [7, 11) is 1.41. The topological polar surface area (TPSA) is 161 Å². The molecule has 0 aromatic carbocycles.